The summed E-state index contributed by atoms with van der Waals surface area (Å²) in [6, 6.07) is 8.11. The molecule has 0 saturated carbocycles. The number of benzene rings is 1. The van der Waals surface area contributed by atoms with Gasteiger partial charge in [0.25, 0.3) is 0 Å². The molecule has 1 aromatic carbocycles. The standard InChI is InChI=1S/C20H26N6O2S2/c1-12(28-15-9-7-14(8-10-15)20(3,4)5)17-23-25-19(26(17)6)29-11-16(27)21-18-24-22-13(2)30-18/h7-10,12H,11H2,1-6H3,(H,21,24,27). The number of anilines is 1. The lowest BCUT2D eigenvalue weighted by molar-refractivity contribution is -0.113. The van der Waals surface area contributed by atoms with E-state index in [0.29, 0.717) is 16.1 Å². The van der Waals surface area contributed by atoms with Crippen LogP contribution in [0.3, 0.4) is 0 Å². The number of rotatable bonds is 7. The second-order valence-corrected chi connectivity index (χ2v) is 10.0. The van der Waals surface area contributed by atoms with Gasteiger partial charge in [-0.1, -0.05) is 56.0 Å². The molecule has 10 heteroatoms. The average Bonchev–Trinajstić information content (AvgIpc) is 3.25. The van der Waals surface area contributed by atoms with Crippen LogP contribution in [0.15, 0.2) is 29.4 Å². The summed E-state index contributed by atoms with van der Waals surface area (Å²) in [7, 11) is 1.87. The van der Waals surface area contributed by atoms with Gasteiger partial charge in [-0.15, -0.1) is 20.4 Å². The molecule has 0 aliphatic carbocycles. The highest BCUT2D eigenvalue weighted by molar-refractivity contribution is 7.99. The van der Waals surface area contributed by atoms with Crippen molar-refractivity contribution in [3.05, 3.63) is 40.7 Å². The van der Waals surface area contributed by atoms with Crippen LogP contribution in [0, 0.1) is 6.92 Å². The van der Waals surface area contributed by atoms with E-state index < -0.39 is 0 Å². The smallest absolute Gasteiger partial charge is 0.236 e. The number of aryl methyl sites for hydroxylation is 1. The molecule has 3 rings (SSSR count). The zero-order chi connectivity index (χ0) is 21.9. The van der Waals surface area contributed by atoms with Crippen molar-refractivity contribution in [3.63, 3.8) is 0 Å². The third kappa shape index (κ3) is 5.57. The maximum absolute atomic E-state index is 12.1. The Hall–Kier alpha value is -2.46. The van der Waals surface area contributed by atoms with Crippen LogP contribution in [-0.2, 0) is 17.3 Å². The SMILES string of the molecule is Cc1nnc(NC(=O)CSc2nnc(C(C)Oc3ccc(C(C)(C)C)cc3)n2C)s1. The number of nitrogens with zero attached hydrogens (tertiary/aromatic N) is 5. The summed E-state index contributed by atoms with van der Waals surface area (Å²) in [5.41, 5.74) is 1.35. The molecule has 3 aromatic rings. The molecule has 1 N–H and O–H groups in total. The van der Waals surface area contributed by atoms with Crippen LogP contribution in [0.5, 0.6) is 5.75 Å². The lowest BCUT2D eigenvalue weighted by Gasteiger charge is -2.20. The normalized spacial score (nSPS) is 12.6. The molecule has 0 saturated heterocycles. The summed E-state index contributed by atoms with van der Waals surface area (Å²) in [6.45, 7) is 10.3. The molecule has 30 heavy (non-hydrogen) atoms. The maximum atomic E-state index is 12.1. The lowest BCUT2D eigenvalue weighted by Crippen LogP contribution is -2.14. The van der Waals surface area contributed by atoms with Crippen LogP contribution < -0.4 is 10.1 Å². The number of aromatic nitrogens is 5. The van der Waals surface area contributed by atoms with E-state index in [1.54, 1.807) is 0 Å². The molecule has 1 unspecified atom stereocenters. The quantitative estimate of drug-likeness (QED) is 0.545. The van der Waals surface area contributed by atoms with Gasteiger partial charge in [0.1, 0.15) is 10.8 Å². The van der Waals surface area contributed by atoms with Crippen molar-refractivity contribution in [2.75, 3.05) is 11.1 Å². The van der Waals surface area contributed by atoms with Crippen LogP contribution in [0.4, 0.5) is 5.13 Å². The van der Waals surface area contributed by atoms with Gasteiger partial charge in [0, 0.05) is 7.05 Å². The Labute approximate surface area is 184 Å². The number of hydrogen-bond donors (Lipinski definition) is 1. The van der Waals surface area contributed by atoms with E-state index in [1.165, 1.54) is 28.7 Å². The van der Waals surface area contributed by atoms with Crippen molar-refractivity contribution < 1.29 is 9.53 Å². The zero-order valence-electron chi connectivity index (χ0n) is 18.0. The Bertz CT molecular complexity index is 1010. The van der Waals surface area contributed by atoms with Crippen LogP contribution in [0.2, 0.25) is 0 Å². The maximum Gasteiger partial charge on any atom is 0.236 e. The second kappa shape index (κ2) is 9.13. The predicted molar refractivity (Wildman–Crippen MR) is 119 cm³/mol. The Morgan fingerprint density at radius 2 is 1.90 bits per heavy atom. The fourth-order valence-corrected chi connectivity index (χ4v) is 4.05. The summed E-state index contributed by atoms with van der Waals surface area (Å²) in [6.07, 6.45) is -0.282. The molecule has 0 radical (unpaired) electrons. The van der Waals surface area contributed by atoms with Crippen molar-refractivity contribution in [1.82, 2.24) is 25.0 Å². The van der Waals surface area contributed by atoms with E-state index >= 15 is 0 Å². The Morgan fingerprint density at radius 3 is 2.50 bits per heavy atom. The van der Waals surface area contributed by atoms with E-state index in [9.17, 15) is 4.79 Å². The van der Waals surface area contributed by atoms with Crippen LogP contribution in [-0.4, -0.2) is 36.6 Å². The number of amides is 1. The molecule has 1 amide bonds. The number of carbonyl (C=O) groups excluding carboxylic acids is 1. The molecule has 8 nitrogen and oxygen atoms in total. The molecule has 2 aromatic heterocycles. The molecule has 1 atom stereocenters. The summed E-state index contributed by atoms with van der Waals surface area (Å²) in [5.74, 6) is 1.51. The molecule has 0 bridgehead atoms. The second-order valence-electron chi connectivity index (χ2n) is 7.90. The highest BCUT2D eigenvalue weighted by Crippen LogP contribution is 2.27. The van der Waals surface area contributed by atoms with Gasteiger partial charge in [-0.25, -0.2) is 0 Å². The van der Waals surface area contributed by atoms with Gasteiger partial charge in [0.2, 0.25) is 11.0 Å². The first-order valence-electron chi connectivity index (χ1n) is 9.52. The summed E-state index contributed by atoms with van der Waals surface area (Å²) in [4.78, 5) is 12.1. The highest BCUT2D eigenvalue weighted by Gasteiger charge is 2.19. The highest BCUT2D eigenvalue weighted by atomic mass is 32.2. The fourth-order valence-electron chi connectivity index (χ4n) is 2.73. The number of nitrogens with one attached hydrogen (secondary N) is 1. The van der Waals surface area contributed by atoms with Crippen molar-refractivity contribution in [2.45, 2.75) is 51.3 Å². The Morgan fingerprint density at radius 1 is 1.20 bits per heavy atom. The van der Waals surface area contributed by atoms with Crippen molar-refractivity contribution in [2.24, 2.45) is 7.05 Å². The third-order valence-electron chi connectivity index (χ3n) is 4.37. The first-order chi connectivity index (χ1) is 14.1. The average molecular weight is 447 g/mol. The number of hydrogen-bond acceptors (Lipinski definition) is 8. The van der Waals surface area contributed by atoms with Crippen LogP contribution in [0.25, 0.3) is 0 Å². The molecular weight excluding hydrogens is 420 g/mol. The van der Waals surface area contributed by atoms with Crippen LogP contribution in [0.1, 0.15) is 50.2 Å². The molecule has 0 fully saturated rings. The minimum atomic E-state index is -0.282. The Kier molecular flexibility index (Phi) is 6.77. The van der Waals surface area contributed by atoms with Crippen molar-refractivity contribution >= 4 is 34.1 Å². The van der Waals surface area contributed by atoms with E-state index in [-0.39, 0.29) is 23.2 Å². The molecule has 0 aliphatic heterocycles. The van der Waals surface area contributed by atoms with E-state index in [2.05, 4.69) is 58.6 Å². The molecule has 0 spiro atoms. The topological polar surface area (TPSA) is 94.8 Å². The number of ether oxygens (including phenoxy) is 1. The van der Waals surface area contributed by atoms with Gasteiger partial charge in [-0.2, -0.15) is 0 Å². The van der Waals surface area contributed by atoms with E-state index in [1.807, 2.05) is 37.6 Å². The third-order valence-corrected chi connectivity index (χ3v) is 6.14. The summed E-state index contributed by atoms with van der Waals surface area (Å²) < 4.78 is 7.89. The monoisotopic (exact) mass is 446 g/mol. The van der Waals surface area contributed by atoms with Gasteiger partial charge in [0.15, 0.2) is 17.1 Å². The summed E-state index contributed by atoms with van der Waals surface area (Å²) in [5, 5.41) is 20.9. The number of thioether (sulfide) groups is 1. The first-order valence-corrected chi connectivity index (χ1v) is 11.3. The predicted octanol–water partition coefficient (Wildman–Crippen LogP) is 4.14. The lowest BCUT2D eigenvalue weighted by atomic mass is 9.87. The van der Waals surface area contributed by atoms with Gasteiger partial charge >= 0.3 is 0 Å². The summed E-state index contributed by atoms with van der Waals surface area (Å²) >= 11 is 2.65. The van der Waals surface area contributed by atoms with Gasteiger partial charge in [-0.3, -0.25) is 10.1 Å². The van der Waals surface area contributed by atoms with Crippen molar-refractivity contribution in [1.29, 1.82) is 0 Å². The van der Waals surface area contributed by atoms with Crippen LogP contribution >= 0.6 is 23.1 Å². The Balaban J connectivity index is 1.58. The van der Waals surface area contributed by atoms with E-state index in [0.717, 1.165) is 10.8 Å². The fraction of sp³-hybridized carbons (Fsp3) is 0.450. The minimum absolute atomic E-state index is 0.0983. The van der Waals surface area contributed by atoms with E-state index in [4.69, 9.17) is 4.74 Å². The molecule has 0 aliphatic rings. The molecule has 2 heterocycles. The van der Waals surface area contributed by atoms with Gasteiger partial charge < -0.3 is 9.30 Å². The first kappa shape index (κ1) is 22.2. The molecule has 160 valence electrons. The van der Waals surface area contributed by atoms with Crippen molar-refractivity contribution in [3.8, 4) is 5.75 Å². The van der Waals surface area contributed by atoms with Gasteiger partial charge in [0.05, 0.1) is 5.75 Å². The minimum Gasteiger partial charge on any atom is -0.483 e. The zero-order valence-corrected chi connectivity index (χ0v) is 19.6. The van der Waals surface area contributed by atoms with Gasteiger partial charge in [-0.05, 0) is 37.0 Å². The molecular formula is C20H26N6O2S2. The number of carbonyl (C=O) groups is 1. The largest absolute Gasteiger partial charge is 0.483 e.